The lowest BCUT2D eigenvalue weighted by atomic mass is 10.3. The molecule has 0 heterocycles. The van der Waals surface area contributed by atoms with Crippen LogP contribution in [0.4, 0.5) is 23.2 Å². The SMILES string of the molecule is O=S(=O)(Nc1ccc(F)c(I)c1F)c1cc(F)cc(F)c1. The predicted octanol–water partition coefficient (Wildman–Crippen LogP) is 3.65. The van der Waals surface area contributed by atoms with Crippen LogP contribution in [0.3, 0.4) is 0 Å². The zero-order valence-electron chi connectivity index (χ0n) is 10.0. The van der Waals surface area contributed by atoms with E-state index in [1.807, 2.05) is 4.72 Å². The van der Waals surface area contributed by atoms with E-state index in [0.29, 0.717) is 18.2 Å². The molecule has 0 aliphatic carbocycles. The van der Waals surface area contributed by atoms with Gasteiger partial charge in [-0.15, -0.1) is 0 Å². The second-order valence-electron chi connectivity index (χ2n) is 3.93. The fourth-order valence-electron chi connectivity index (χ4n) is 1.49. The Kier molecular flexibility index (Phi) is 4.42. The Bertz CT molecular complexity index is 791. The van der Waals surface area contributed by atoms with E-state index in [4.69, 9.17) is 0 Å². The molecule has 0 atom stereocenters. The molecule has 9 heteroatoms. The Balaban J connectivity index is 2.45. The molecule has 0 radical (unpaired) electrons. The lowest BCUT2D eigenvalue weighted by molar-refractivity contribution is 0.566. The summed E-state index contributed by atoms with van der Waals surface area (Å²) in [6.07, 6.45) is 0. The normalized spacial score (nSPS) is 11.5. The molecular formula is C12H6F4INO2S. The number of benzene rings is 2. The van der Waals surface area contributed by atoms with Crippen molar-refractivity contribution in [2.45, 2.75) is 4.90 Å². The molecule has 0 amide bonds. The maximum Gasteiger partial charge on any atom is 0.262 e. The Morgan fingerprint density at radius 1 is 0.952 bits per heavy atom. The summed E-state index contributed by atoms with van der Waals surface area (Å²) in [5, 5.41) is 0. The molecular weight excluding hydrogens is 425 g/mol. The smallest absolute Gasteiger partial charge is 0.262 e. The maximum absolute atomic E-state index is 13.7. The highest BCUT2D eigenvalue weighted by atomic mass is 127. The van der Waals surface area contributed by atoms with Crippen LogP contribution in [0.15, 0.2) is 35.2 Å². The van der Waals surface area contributed by atoms with Gasteiger partial charge in [0.15, 0.2) is 5.82 Å². The minimum absolute atomic E-state index is 0.404. The first kappa shape index (κ1) is 16.0. The van der Waals surface area contributed by atoms with Crippen molar-refractivity contribution in [3.8, 4) is 0 Å². The first-order valence-corrected chi connectivity index (χ1v) is 7.89. The Morgan fingerprint density at radius 2 is 1.52 bits per heavy atom. The van der Waals surface area contributed by atoms with E-state index in [2.05, 4.69) is 0 Å². The van der Waals surface area contributed by atoms with Gasteiger partial charge in [-0.2, -0.15) is 0 Å². The van der Waals surface area contributed by atoms with Crippen molar-refractivity contribution in [2.75, 3.05) is 4.72 Å². The second kappa shape index (κ2) is 5.79. The summed E-state index contributed by atoms with van der Waals surface area (Å²) >= 11 is 1.37. The van der Waals surface area contributed by atoms with Gasteiger partial charge in [0.1, 0.15) is 17.5 Å². The Morgan fingerprint density at radius 3 is 2.10 bits per heavy atom. The fourth-order valence-corrected chi connectivity index (χ4v) is 3.06. The van der Waals surface area contributed by atoms with Gasteiger partial charge in [0.25, 0.3) is 10.0 Å². The largest absolute Gasteiger partial charge is 0.277 e. The van der Waals surface area contributed by atoms with E-state index in [1.54, 1.807) is 0 Å². The summed E-state index contributed by atoms with van der Waals surface area (Å²) in [5.41, 5.74) is -0.523. The molecule has 0 bridgehead atoms. The standard InChI is InChI=1S/C12H6F4INO2S/c13-6-3-7(14)5-8(4-6)21(19,20)18-10-2-1-9(15)12(17)11(10)16/h1-5,18H. The Labute approximate surface area is 131 Å². The first-order valence-electron chi connectivity index (χ1n) is 5.33. The van der Waals surface area contributed by atoms with Crippen LogP contribution in [0.25, 0.3) is 0 Å². The zero-order valence-corrected chi connectivity index (χ0v) is 13.0. The van der Waals surface area contributed by atoms with E-state index < -0.39 is 47.4 Å². The van der Waals surface area contributed by atoms with Gasteiger partial charge in [-0.3, -0.25) is 4.72 Å². The van der Waals surface area contributed by atoms with Gasteiger partial charge in [-0.1, -0.05) is 0 Å². The highest BCUT2D eigenvalue weighted by Crippen LogP contribution is 2.25. The number of halogens is 5. The molecule has 0 saturated carbocycles. The molecule has 0 unspecified atom stereocenters. The highest BCUT2D eigenvalue weighted by Gasteiger charge is 2.20. The van der Waals surface area contributed by atoms with Crippen LogP contribution < -0.4 is 4.72 Å². The molecule has 0 saturated heterocycles. The van der Waals surface area contributed by atoms with Crippen molar-refractivity contribution in [1.82, 2.24) is 0 Å². The molecule has 1 N–H and O–H groups in total. The van der Waals surface area contributed by atoms with Crippen LogP contribution >= 0.6 is 22.6 Å². The van der Waals surface area contributed by atoms with E-state index in [0.717, 1.165) is 12.1 Å². The van der Waals surface area contributed by atoms with Gasteiger partial charge in [0.2, 0.25) is 0 Å². The number of sulfonamides is 1. The van der Waals surface area contributed by atoms with Crippen LogP contribution in [-0.4, -0.2) is 8.42 Å². The number of anilines is 1. The molecule has 2 aromatic rings. The third kappa shape index (κ3) is 3.46. The van der Waals surface area contributed by atoms with Gasteiger partial charge < -0.3 is 0 Å². The third-order valence-electron chi connectivity index (χ3n) is 2.43. The molecule has 0 fully saturated rings. The summed E-state index contributed by atoms with van der Waals surface area (Å²) in [6.45, 7) is 0. The third-order valence-corrected chi connectivity index (χ3v) is 4.76. The number of hydrogen-bond donors (Lipinski definition) is 1. The van der Waals surface area contributed by atoms with Crippen LogP contribution in [0.5, 0.6) is 0 Å². The van der Waals surface area contributed by atoms with Crippen LogP contribution in [0.1, 0.15) is 0 Å². The minimum atomic E-state index is -4.41. The average molecular weight is 431 g/mol. The number of rotatable bonds is 3. The number of hydrogen-bond acceptors (Lipinski definition) is 2. The average Bonchev–Trinajstić information content (AvgIpc) is 2.38. The van der Waals surface area contributed by atoms with Gasteiger partial charge in [0.05, 0.1) is 14.2 Å². The van der Waals surface area contributed by atoms with Crippen molar-refractivity contribution in [3.05, 3.63) is 57.2 Å². The van der Waals surface area contributed by atoms with Crippen LogP contribution in [-0.2, 0) is 10.0 Å². The predicted molar refractivity (Wildman–Crippen MR) is 76.2 cm³/mol. The molecule has 2 rings (SSSR count). The quantitative estimate of drug-likeness (QED) is 0.459. The van der Waals surface area contributed by atoms with Crippen LogP contribution in [0, 0.1) is 26.8 Å². The molecule has 21 heavy (non-hydrogen) atoms. The molecule has 3 nitrogen and oxygen atoms in total. The van der Waals surface area contributed by atoms with Gasteiger partial charge in [-0.25, -0.2) is 26.0 Å². The maximum atomic E-state index is 13.7. The van der Waals surface area contributed by atoms with Crippen LogP contribution in [0.2, 0.25) is 0 Å². The summed E-state index contributed by atoms with van der Waals surface area (Å²) < 4.78 is 78.2. The Hall–Kier alpha value is -1.36. The lowest BCUT2D eigenvalue weighted by Gasteiger charge is -2.10. The summed E-state index contributed by atoms with van der Waals surface area (Å²) in [5.74, 6) is -4.15. The lowest BCUT2D eigenvalue weighted by Crippen LogP contribution is -2.15. The second-order valence-corrected chi connectivity index (χ2v) is 6.69. The summed E-state index contributed by atoms with van der Waals surface area (Å²) in [4.78, 5) is -0.710. The summed E-state index contributed by atoms with van der Waals surface area (Å²) in [6, 6.07) is 3.41. The monoisotopic (exact) mass is 431 g/mol. The van der Waals surface area contributed by atoms with E-state index in [9.17, 15) is 26.0 Å². The summed E-state index contributed by atoms with van der Waals surface area (Å²) in [7, 11) is -4.41. The molecule has 0 aliphatic rings. The van der Waals surface area contributed by atoms with Crippen molar-refractivity contribution in [1.29, 1.82) is 0 Å². The zero-order chi connectivity index (χ0) is 15.8. The molecule has 0 spiro atoms. The molecule has 112 valence electrons. The first-order chi connectivity index (χ1) is 9.70. The van der Waals surface area contributed by atoms with Crippen molar-refractivity contribution < 1.29 is 26.0 Å². The molecule has 0 aromatic heterocycles. The molecule has 2 aromatic carbocycles. The van der Waals surface area contributed by atoms with Gasteiger partial charge >= 0.3 is 0 Å². The fraction of sp³-hybridized carbons (Fsp3) is 0. The highest BCUT2D eigenvalue weighted by molar-refractivity contribution is 14.1. The molecule has 0 aliphatic heterocycles. The van der Waals surface area contributed by atoms with Crippen molar-refractivity contribution in [2.24, 2.45) is 0 Å². The number of nitrogens with one attached hydrogen (secondary N) is 1. The van der Waals surface area contributed by atoms with Gasteiger partial charge in [0, 0.05) is 6.07 Å². The van der Waals surface area contributed by atoms with Crippen molar-refractivity contribution in [3.63, 3.8) is 0 Å². The topological polar surface area (TPSA) is 46.2 Å². The van der Waals surface area contributed by atoms with E-state index in [1.165, 1.54) is 22.6 Å². The van der Waals surface area contributed by atoms with E-state index in [-0.39, 0.29) is 0 Å². The minimum Gasteiger partial charge on any atom is -0.277 e. The van der Waals surface area contributed by atoms with Crippen molar-refractivity contribution >= 4 is 38.3 Å². The van der Waals surface area contributed by atoms with E-state index >= 15 is 0 Å². The van der Waals surface area contributed by atoms with Gasteiger partial charge in [-0.05, 0) is 46.9 Å².